The van der Waals surface area contributed by atoms with Crippen LogP contribution in [0.4, 0.5) is 0 Å². The van der Waals surface area contributed by atoms with Gasteiger partial charge in [0.15, 0.2) is 6.04 Å². The maximum absolute atomic E-state index is 13.2. The summed E-state index contributed by atoms with van der Waals surface area (Å²) >= 11 is 0. The van der Waals surface area contributed by atoms with Crippen molar-refractivity contribution in [2.75, 3.05) is 0 Å². The first kappa shape index (κ1) is 34.1. The molecule has 0 heterocycles. The van der Waals surface area contributed by atoms with E-state index in [1.807, 2.05) is 30.3 Å². The van der Waals surface area contributed by atoms with Crippen LogP contribution in [0.3, 0.4) is 0 Å². The number of nitrogens with one attached hydrogen (secondary N) is 2. The van der Waals surface area contributed by atoms with E-state index in [1.165, 1.54) is 77.0 Å². The number of rotatable bonds is 23. The fourth-order valence-corrected chi connectivity index (χ4v) is 5.16. The molecule has 6 heteroatoms. The summed E-state index contributed by atoms with van der Waals surface area (Å²) < 4.78 is 0. The highest BCUT2D eigenvalue weighted by molar-refractivity contribution is 5.91. The van der Waals surface area contributed by atoms with Gasteiger partial charge in [0.25, 0.3) is 0 Å². The summed E-state index contributed by atoms with van der Waals surface area (Å²) in [4.78, 5) is 37.9. The monoisotopic (exact) mass is 564 g/mol. The second-order valence-electron chi connectivity index (χ2n) is 11.2. The van der Waals surface area contributed by atoms with Gasteiger partial charge in [-0.3, -0.25) is 9.59 Å². The van der Waals surface area contributed by atoms with Crippen molar-refractivity contribution in [3.8, 4) is 0 Å². The van der Waals surface area contributed by atoms with Gasteiger partial charge < -0.3 is 15.7 Å². The second-order valence-corrected chi connectivity index (χ2v) is 11.2. The zero-order valence-electron chi connectivity index (χ0n) is 25.1. The van der Waals surface area contributed by atoms with Crippen molar-refractivity contribution < 1.29 is 19.5 Å². The van der Waals surface area contributed by atoms with Crippen molar-refractivity contribution in [2.45, 2.75) is 128 Å². The van der Waals surface area contributed by atoms with E-state index in [-0.39, 0.29) is 5.91 Å². The molecule has 0 aliphatic rings. The molecule has 0 saturated heterocycles. The van der Waals surface area contributed by atoms with E-state index < -0.39 is 24.0 Å². The predicted molar refractivity (Wildman–Crippen MR) is 167 cm³/mol. The minimum Gasteiger partial charge on any atom is -0.479 e. The standard InChI is InChI=1S/C35H52N2O4/c1-2-3-4-5-6-7-8-9-10-11-12-13-14-15-22-27-32(38)36-31(28-29-23-18-16-19-24-29)34(39)37-33(35(40)41)30-25-20-17-21-26-30/h16-21,23-26,31,33H,2-15,22,27-28H2,1H3,(H,36,38)(H,37,39)(H,40,41)/t31-,33+/m0/s1. The molecular formula is C35H52N2O4. The van der Waals surface area contributed by atoms with Gasteiger partial charge in [0.05, 0.1) is 0 Å². The van der Waals surface area contributed by atoms with Crippen molar-refractivity contribution in [1.29, 1.82) is 0 Å². The Hall–Kier alpha value is -3.15. The third-order valence-electron chi connectivity index (χ3n) is 7.61. The smallest absolute Gasteiger partial charge is 0.330 e. The fourth-order valence-electron chi connectivity index (χ4n) is 5.16. The molecule has 0 unspecified atom stereocenters. The van der Waals surface area contributed by atoms with E-state index in [0.717, 1.165) is 24.8 Å². The number of carboxylic acids is 1. The SMILES string of the molecule is CCCCCCCCCCCCCCCCCC(=O)N[C@@H](Cc1ccccc1)C(=O)N[C@@H](C(=O)O)c1ccccc1. The summed E-state index contributed by atoms with van der Waals surface area (Å²) in [5, 5.41) is 15.2. The molecule has 3 N–H and O–H groups in total. The topological polar surface area (TPSA) is 95.5 Å². The van der Waals surface area contributed by atoms with Gasteiger partial charge in [0, 0.05) is 12.8 Å². The first-order valence-corrected chi connectivity index (χ1v) is 15.9. The van der Waals surface area contributed by atoms with Gasteiger partial charge in [-0.1, -0.05) is 157 Å². The summed E-state index contributed by atoms with van der Waals surface area (Å²) in [6.07, 6.45) is 19.6. The number of carbonyl (C=O) groups excluding carboxylic acids is 2. The lowest BCUT2D eigenvalue weighted by molar-refractivity contribution is -0.142. The van der Waals surface area contributed by atoms with E-state index in [4.69, 9.17) is 0 Å². The Kier molecular flexibility index (Phi) is 17.9. The van der Waals surface area contributed by atoms with E-state index in [9.17, 15) is 19.5 Å². The highest BCUT2D eigenvalue weighted by atomic mass is 16.4. The lowest BCUT2D eigenvalue weighted by Gasteiger charge is -2.22. The molecule has 0 spiro atoms. The number of carboxylic acid groups (broad SMARTS) is 1. The van der Waals surface area contributed by atoms with E-state index in [1.54, 1.807) is 30.3 Å². The summed E-state index contributed by atoms with van der Waals surface area (Å²) in [5.74, 6) is -1.83. The predicted octanol–water partition coefficient (Wildman–Crippen LogP) is 7.92. The van der Waals surface area contributed by atoms with Gasteiger partial charge in [-0.25, -0.2) is 4.79 Å². The molecule has 0 saturated carbocycles. The molecular weight excluding hydrogens is 512 g/mol. The average molecular weight is 565 g/mol. The number of hydrogen-bond donors (Lipinski definition) is 3. The van der Waals surface area contributed by atoms with Crippen molar-refractivity contribution in [3.63, 3.8) is 0 Å². The lowest BCUT2D eigenvalue weighted by atomic mass is 10.0. The Morgan fingerprint density at radius 3 is 1.59 bits per heavy atom. The summed E-state index contributed by atoms with van der Waals surface area (Å²) in [7, 11) is 0. The van der Waals surface area contributed by atoms with Crippen molar-refractivity contribution >= 4 is 17.8 Å². The molecule has 2 atom stereocenters. The first-order valence-electron chi connectivity index (χ1n) is 15.9. The summed E-state index contributed by atoms with van der Waals surface area (Å²) in [6, 6.07) is 16.0. The number of carbonyl (C=O) groups is 3. The number of amides is 2. The molecule has 0 fully saturated rings. The van der Waals surface area contributed by atoms with Crippen LogP contribution in [0.2, 0.25) is 0 Å². The van der Waals surface area contributed by atoms with Crippen LogP contribution < -0.4 is 10.6 Å². The minimum absolute atomic E-state index is 0.178. The third kappa shape index (κ3) is 15.4. The fraction of sp³-hybridized carbons (Fsp3) is 0.571. The van der Waals surface area contributed by atoms with Gasteiger partial charge in [0.1, 0.15) is 6.04 Å². The largest absolute Gasteiger partial charge is 0.479 e. The maximum Gasteiger partial charge on any atom is 0.330 e. The van der Waals surface area contributed by atoms with Crippen LogP contribution in [-0.4, -0.2) is 28.9 Å². The Labute approximate surface area is 247 Å². The zero-order valence-corrected chi connectivity index (χ0v) is 25.1. The molecule has 2 aromatic rings. The molecule has 0 radical (unpaired) electrons. The Bertz CT molecular complexity index is 980. The highest BCUT2D eigenvalue weighted by Gasteiger charge is 2.27. The Morgan fingerprint density at radius 2 is 1.10 bits per heavy atom. The number of unbranched alkanes of at least 4 members (excludes halogenated alkanes) is 14. The number of benzene rings is 2. The van der Waals surface area contributed by atoms with Crippen LogP contribution in [0.1, 0.15) is 127 Å². The van der Waals surface area contributed by atoms with Crippen LogP contribution in [0.15, 0.2) is 60.7 Å². The average Bonchev–Trinajstić information content (AvgIpc) is 2.98. The van der Waals surface area contributed by atoms with Gasteiger partial charge in [-0.2, -0.15) is 0 Å². The molecule has 6 nitrogen and oxygen atoms in total. The molecule has 0 aliphatic carbocycles. The molecule has 0 bridgehead atoms. The third-order valence-corrected chi connectivity index (χ3v) is 7.61. The van der Waals surface area contributed by atoms with Gasteiger partial charge in [-0.05, 0) is 17.5 Å². The molecule has 0 aliphatic heterocycles. The molecule has 41 heavy (non-hydrogen) atoms. The van der Waals surface area contributed by atoms with E-state index >= 15 is 0 Å². The van der Waals surface area contributed by atoms with Crippen LogP contribution >= 0.6 is 0 Å². The van der Waals surface area contributed by atoms with E-state index in [2.05, 4.69) is 17.6 Å². The molecule has 2 rings (SSSR count). The van der Waals surface area contributed by atoms with Gasteiger partial charge in [0.2, 0.25) is 11.8 Å². The molecule has 2 amide bonds. The normalized spacial score (nSPS) is 12.4. The van der Waals surface area contributed by atoms with Crippen LogP contribution in [0.25, 0.3) is 0 Å². The van der Waals surface area contributed by atoms with Crippen molar-refractivity contribution in [2.24, 2.45) is 0 Å². The zero-order chi connectivity index (χ0) is 29.5. The van der Waals surface area contributed by atoms with Crippen LogP contribution in [0, 0.1) is 0 Å². The van der Waals surface area contributed by atoms with Crippen molar-refractivity contribution in [3.05, 3.63) is 71.8 Å². The quantitative estimate of drug-likeness (QED) is 0.119. The van der Waals surface area contributed by atoms with Gasteiger partial charge in [-0.15, -0.1) is 0 Å². The van der Waals surface area contributed by atoms with Crippen LogP contribution in [0.5, 0.6) is 0 Å². The summed E-state index contributed by atoms with van der Waals surface area (Å²) in [5.41, 5.74) is 1.38. The summed E-state index contributed by atoms with van der Waals surface area (Å²) in [6.45, 7) is 2.26. The minimum atomic E-state index is -1.19. The Balaban J connectivity index is 1.69. The maximum atomic E-state index is 13.2. The molecule has 2 aromatic carbocycles. The van der Waals surface area contributed by atoms with Crippen LogP contribution in [-0.2, 0) is 20.8 Å². The second kappa shape index (κ2) is 21.6. The Morgan fingerprint density at radius 1 is 0.634 bits per heavy atom. The number of hydrogen-bond acceptors (Lipinski definition) is 3. The van der Waals surface area contributed by atoms with Crippen molar-refractivity contribution in [1.82, 2.24) is 10.6 Å². The number of aliphatic carboxylic acids is 1. The molecule has 226 valence electrons. The molecule has 0 aromatic heterocycles. The van der Waals surface area contributed by atoms with E-state index in [0.29, 0.717) is 18.4 Å². The van der Waals surface area contributed by atoms with Gasteiger partial charge >= 0.3 is 5.97 Å². The lowest BCUT2D eigenvalue weighted by Crippen LogP contribution is -2.49. The highest BCUT2D eigenvalue weighted by Crippen LogP contribution is 2.15. The first-order chi connectivity index (χ1) is 20.0.